The van der Waals surface area contributed by atoms with Gasteiger partial charge in [-0.05, 0) is 38.8 Å². The molecule has 28 heavy (non-hydrogen) atoms. The number of ether oxygens (including phenoxy) is 1. The van der Waals surface area contributed by atoms with Crippen molar-refractivity contribution in [2.24, 2.45) is 0 Å². The summed E-state index contributed by atoms with van der Waals surface area (Å²) >= 11 is 0. The Morgan fingerprint density at radius 3 is 2.93 bits per heavy atom. The smallest absolute Gasteiger partial charge is 0.279 e. The van der Waals surface area contributed by atoms with Crippen LogP contribution in [0.15, 0.2) is 29.0 Å². The molecule has 3 aromatic heterocycles. The molecule has 1 atom stereocenters. The molecule has 1 saturated heterocycles. The average Bonchev–Trinajstić information content (AvgIpc) is 3.36. The van der Waals surface area contributed by atoms with Gasteiger partial charge in [-0.25, -0.2) is 4.98 Å². The summed E-state index contributed by atoms with van der Waals surface area (Å²) in [6, 6.07) is 4.47. The Labute approximate surface area is 159 Å². The van der Waals surface area contributed by atoms with Crippen LogP contribution in [-0.4, -0.2) is 25.1 Å². The molecule has 144 valence electrons. The van der Waals surface area contributed by atoms with Crippen molar-refractivity contribution in [3.05, 3.63) is 47.1 Å². The third kappa shape index (κ3) is 2.39. The monoisotopic (exact) mass is 383 g/mol. The van der Waals surface area contributed by atoms with E-state index in [0.29, 0.717) is 33.0 Å². The Morgan fingerprint density at radius 2 is 2.18 bits per heavy atom. The Hall–Kier alpha value is -3.07. The van der Waals surface area contributed by atoms with Gasteiger partial charge in [-0.2, -0.15) is 14.1 Å². The minimum absolute atomic E-state index is 0.0377. The van der Waals surface area contributed by atoms with E-state index in [9.17, 15) is 9.60 Å². The lowest BCUT2D eigenvalue weighted by Crippen LogP contribution is -2.33. The highest BCUT2D eigenvalue weighted by Gasteiger charge is 2.36. The molecule has 0 spiro atoms. The normalized spacial score (nSPS) is 19.1. The van der Waals surface area contributed by atoms with Crippen LogP contribution in [0.2, 0.25) is 0 Å². The summed E-state index contributed by atoms with van der Waals surface area (Å²) in [7, 11) is 0. The average molecular weight is 383 g/mol. The molecule has 0 N–H and O–H groups in total. The molecule has 4 aromatic rings. The van der Waals surface area contributed by atoms with Gasteiger partial charge in [0.05, 0.1) is 5.60 Å². The van der Waals surface area contributed by atoms with Gasteiger partial charge in [0, 0.05) is 6.92 Å². The Balaban J connectivity index is 1.66. The lowest BCUT2D eigenvalue weighted by atomic mass is 10.1. The number of aromatic nitrogens is 5. The fourth-order valence-electron chi connectivity index (χ4n) is 3.82. The molecular weight excluding hydrogens is 365 g/mol. The molecule has 1 aliphatic heterocycles. The van der Waals surface area contributed by atoms with Crippen LogP contribution in [0.25, 0.3) is 28.1 Å². The minimum Gasteiger partial charge on any atom is -0.618 e. The van der Waals surface area contributed by atoms with Crippen molar-refractivity contribution in [1.82, 2.24) is 19.5 Å². The van der Waals surface area contributed by atoms with Crippen molar-refractivity contribution in [1.29, 1.82) is 0 Å². The summed E-state index contributed by atoms with van der Waals surface area (Å²) in [5.74, 6) is 0.0692. The van der Waals surface area contributed by atoms with Crippen LogP contribution < -0.4 is 4.73 Å². The van der Waals surface area contributed by atoms with Crippen molar-refractivity contribution in [3.63, 3.8) is 0 Å². The molecule has 0 aliphatic carbocycles. The molecule has 0 amide bonds. The summed E-state index contributed by atoms with van der Waals surface area (Å²) in [5.41, 5.74) is 1.32. The summed E-state index contributed by atoms with van der Waals surface area (Å²) in [6.45, 7) is 5.66. The van der Waals surface area contributed by atoms with Crippen LogP contribution in [0, 0.1) is 17.9 Å². The van der Waals surface area contributed by atoms with Crippen molar-refractivity contribution in [2.75, 3.05) is 0 Å². The first-order valence-electron chi connectivity index (χ1n) is 9.05. The van der Waals surface area contributed by atoms with Gasteiger partial charge in [0.1, 0.15) is 23.5 Å². The van der Waals surface area contributed by atoms with Crippen LogP contribution in [0.5, 0.6) is 0 Å². The summed E-state index contributed by atoms with van der Waals surface area (Å²) in [6.07, 6.45) is 3.00. The Kier molecular flexibility index (Phi) is 3.48. The van der Waals surface area contributed by atoms with Crippen molar-refractivity contribution in [2.45, 2.75) is 45.3 Å². The van der Waals surface area contributed by atoms with Gasteiger partial charge < -0.3 is 14.5 Å². The Bertz CT molecular complexity index is 1230. The maximum atomic E-state index is 14.2. The fourth-order valence-corrected chi connectivity index (χ4v) is 3.82. The van der Waals surface area contributed by atoms with E-state index in [4.69, 9.17) is 9.26 Å². The first kappa shape index (κ1) is 17.1. The zero-order valence-electron chi connectivity index (χ0n) is 15.6. The molecule has 9 heteroatoms. The van der Waals surface area contributed by atoms with E-state index >= 15 is 0 Å². The number of nitrogens with zero attached hydrogens (tertiary/aromatic N) is 5. The molecular formula is C19H18FN5O3. The number of imidazole rings is 1. The van der Waals surface area contributed by atoms with Crippen molar-refractivity contribution >= 4 is 16.6 Å². The van der Waals surface area contributed by atoms with Crippen LogP contribution in [0.4, 0.5) is 4.39 Å². The van der Waals surface area contributed by atoms with E-state index in [-0.39, 0.29) is 23.1 Å². The number of benzene rings is 1. The molecule has 1 fully saturated rings. The van der Waals surface area contributed by atoms with Crippen LogP contribution in [0.3, 0.4) is 0 Å². The number of hydrogen-bond donors (Lipinski definition) is 0. The lowest BCUT2D eigenvalue weighted by molar-refractivity contribution is -0.584. The second-order valence-corrected chi connectivity index (χ2v) is 7.66. The minimum atomic E-state index is -0.589. The zero-order chi connectivity index (χ0) is 19.6. The number of para-hydroxylation sites is 1. The maximum Gasteiger partial charge on any atom is 0.279 e. The highest BCUT2D eigenvalue weighted by atomic mass is 19.1. The highest BCUT2D eigenvalue weighted by molar-refractivity contribution is 5.82. The zero-order valence-corrected chi connectivity index (χ0v) is 15.6. The highest BCUT2D eigenvalue weighted by Crippen LogP contribution is 2.38. The third-order valence-corrected chi connectivity index (χ3v) is 5.25. The topological polar surface area (TPSA) is 92.4 Å². The van der Waals surface area contributed by atoms with E-state index in [1.165, 1.54) is 12.4 Å². The van der Waals surface area contributed by atoms with Gasteiger partial charge in [-0.15, -0.1) is 0 Å². The molecule has 1 aromatic carbocycles. The van der Waals surface area contributed by atoms with Crippen LogP contribution >= 0.6 is 0 Å². The fraction of sp³-hybridized carbons (Fsp3) is 0.368. The summed E-state index contributed by atoms with van der Waals surface area (Å²) in [5, 5.41) is 16.7. The standard InChI is InChI=1S/C19H18FN5O3/c1-10-15-14(18-22-17(23-28-18)13-7-8-19(2,3)27-13)21-9-24(15)12-6-4-5-11(20)16(12)25(10)26/h4-6,9,13H,7-8H2,1-3H3. The van der Waals surface area contributed by atoms with Crippen molar-refractivity contribution in [3.8, 4) is 11.6 Å². The SMILES string of the molecule is Cc1c2c(-c3nc(C4CCC(C)(C)O4)no3)ncn2c2cccc(F)c2[n+]1[O-]. The molecule has 5 rings (SSSR count). The second-order valence-electron chi connectivity index (χ2n) is 7.66. The molecule has 0 bridgehead atoms. The molecule has 0 saturated carbocycles. The molecule has 0 radical (unpaired) electrons. The van der Waals surface area contributed by atoms with Gasteiger partial charge in [0.25, 0.3) is 11.4 Å². The first-order valence-corrected chi connectivity index (χ1v) is 9.05. The number of fused-ring (bicyclic) bond motifs is 3. The Morgan fingerprint density at radius 1 is 1.36 bits per heavy atom. The largest absolute Gasteiger partial charge is 0.618 e. The predicted molar refractivity (Wildman–Crippen MR) is 96.8 cm³/mol. The second kappa shape index (κ2) is 5.71. The molecule has 8 nitrogen and oxygen atoms in total. The molecule has 1 aliphatic rings. The number of aryl methyl sites for hydroxylation is 1. The van der Waals surface area contributed by atoms with Crippen LogP contribution in [0.1, 0.15) is 44.3 Å². The van der Waals surface area contributed by atoms with Gasteiger partial charge in [0.15, 0.2) is 11.5 Å². The quantitative estimate of drug-likeness (QED) is 0.390. The summed E-state index contributed by atoms with van der Waals surface area (Å²) < 4.78 is 27.8. The van der Waals surface area contributed by atoms with E-state index in [2.05, 4.69) is 15.1 Å². The van der Waals surface area contributed by atoms with E-state index in [1.807, 2.05) is 13.8 Å². The number of hydrogen-bond acceptors (Lipinski definition) is 6. The van der Waals surface area contributed by atoms with E-state index < -0.39 is 5.82 Å². The van der Waals surface area contributed by atoms with Crippen LogP contribution in [-0.2, 0) is 4.74 Å². The molecule has 1 unspecified atom stereocenters. The summed E-state index contributed by atoms with van der Waals surface area (Å²) in [4.78, 5) is 8.82. The van der Waals surface area contributed by atoms with Gasteiger partial charge in [-0.3, -0.25) is 4.40 Å². The van der Waals surface area contributed by atoms with E-state index in [1.54, 1.807) is 23.5 Å². The molecule has 4 heterocycles. The number of halogens is 1. The van der Waals surface area contributed by atoms with Gasteiger partial charge in [-0.1, -0.05) is 11.2 Å². The van der Waals surface area contributed by atoms with Gasteiger partial charge >= 0.3 is 0 Å². The predicted octanol–water partition coefficient (Wildman–Crippen LogP) is 3.25. The van der Waals surface area contributed by atoms with Crippen molar-refractivity contribution < 1.29 is 18.4 Å². The third-order valence-electron chi connectivity index (χ3n) is 5.25. The van der Waals surface area contributed by atoms with E-state index in [0.717, 1.165) is 12.8 Å². The first-order chi connectivity index (χ1) is 13.4. The van der Waals surface area contributed by atoms with Gasteiger partial charge in [0.2, 0.25) is 11.5 Å². The maximum absolute atomic E-state index is 14.2. The number of rotatable bonds is 2. The lowest BCUT2D eigenvalue weighted by Gasteiger charge is -2.17.